The number of hydrogen-bond donors (Lipinski definition) is 1. The van der Waals surface area contributed by atoms with E-state index in [1.54, 1.807) is 0 Å². The molecule has 0 fully saturated rings. The lowest BCUT2D eigenvalue weighted by Gasteiger charge is -2.17. The Labute approximate surface area is 104 Å². The zero-order chi connectivity index (χ0) is 9.80. The molecule has 0 radical (unpaired) electrons. The van der Waals surface area contributed by atoms with Crippen LogP contribution < -0.4 is 4.31 Å². The van der Waals surface area contributed by atoms with Gasteiger partial charge in [-0.1, -0.05) is 49.2 Å². The maximum Gasteiger partial charge on any atom is 0.0522 e. The molecular formula is C12H14F3NS. The first kappa shape index (κ1) is 17.8. The van der Waals surface area contributed by atoms with Gasteiger partial charge in [-0.2, -0.15) is 0 Å². The number of halogens is 3. The van der Waals surface area contributed by atoms with E-state index in [0.29, 0.717) is 0 Å². The highest BCUT2D eigenvalue weighted by atomic mass is 32.1. The Bertz CT molecular complexity index is 358. The first-order chi connectivity index (χ1) is 6.88. The lowest BCUT2D eigenvalue weighted by Crippen LogP contribution is -2.00. The number of benzene rings is 2. The number of para-hydroxylation sites is 2. The van der Waals surface area contributed by atoms with E-state index in [1.807, 2.05) is 65.0 Å². The minimum atomic E-state index is 0. The van der Waals surface area contributed by atoms with Gasteiger partial charge in [0.05, 0.1) is 11.4 Å². The van der Waals surface area contributed by atoms with Crippen molar-refractivity contribution in [3.63, 3.8) is 0 Å². The molecular weight excluding hydrogens is 247 g/mol. The quantitative estimate of drug-likeness (QED) is 0.796. The van der Waals surface area contributed by atoms with Crippen LogP contribution in [0.1, 0.15) is 0 Å². The van der Waals surface area contributed by atoms with Crippen LogP contribution >= 0.6 is 12.8 Å². The van der Waals surface area contributed by atoms with Crippen molar-refractivity contribution in [2.75, 3.05) is 4.31 Å². The van der Waals surface area contributed by atoms with Crippen molar-refractivity contribution in [2.24, 2.45) is 0 Å². The number of anilines is 2. The molecule has 0 saturated carbocycles. The molecule has 0 aliphatic heterocycles. The minimum absolute atomic E-state index is 0. The predicted molar refractivity (Wildman–Crippen MR) is 71.5 cm³/mol. The summed E-state index contributed by atoms with van der Waals surface area (Å²) in [6, 6.07) is 20.1. The lowest BCUT2D eigenvalue weighted by molar-refractivity contribution is 1.11. The second-order valence-corrected chi connectivity index (χ2v) is 3.38. The van der Waals surface area contributed by atoms with Gasteiger partial charge < -0.3 is 0 Å². The normalized spacial score (nSPS) is 8.06. The van der Waals surface area contributed by atoms with Gasteiger partial charge in [-0.05, 0) is 24.3 Å². The fourth-order valence-electron chi connectivity index (χ4n) is 1.29. The zero-order valence-electron chi connectivity index (χ0n) is 8.89. The van der Waals surface area contributed by atoms with E-state index in [0.717, 1.165) is 11.4 Å². The van der Waals surface area contributed by atoms with Gasteiger partial charge in [-0.15, -0.1) is 0 Å². The van der Waals surface area contributed by atoms with Gasteiger partial charge in [-0.25, -0.2) is 0 Å². The Balaban J connectivity index is 0. The van der Waals surface area contributed by atoms with E-state index in [1.165, 1.54) is 0 Å². The van der Waals surface area contributed by atoms with Crippen molar-refractivity contribution >= 4 is 24.2 Å². The van der Waals surface area contributed by atoms with Crippen LogP contribution in [0.15, 0.2) is 60.7 Å². The highest BCUT2D eigenvalue weighted by molar-refractivity contribution is 7.82. The Kier molecular flexibility index (Phi) is 8.91. The van der Waals surface area contributed by atoms with Gasteiger partial charge in [0.15, 0.2) is 0 Å². The summed E-state index contributed by atoms with van der Waals surface area (Å²) in [5.41, 5.74) is 2.14. The molecule has 5 heteroatoms. The molecule has 0 unspecified atom stereocenters. The van der Waals surface area contributed by atoms with Crippen LogP contribution in [-0.4, -0.2) is 0 Å². The number of rotatable bonds is 2. The standard InChI is InChI=1S/C12H11NS.3FH/c14-13(11-7-3-1-4-8-11)12-9-5-2-6-10-12;;;/h1-10,14H;3*1H. The van der Waals surface area contributed by atoms with Crippen molar-refractivity contribution in [3.05, 3.63) is 60.7 Å². The van der Waals surface area contributed by atoms with Crippen LogP contribution in [0.25, 0.3) is 0 Å². The first-order valence-electron chi connectivity index (χ1n) is 4.47. The molecule has 0 aliphatic carbocycles. The average Bonchev–Trinajstić information content (AvgIpc) is 2.30. The van der Waals surface area contributed by atoms with Crippen molar-refractivity contribution in [1.29, 1.82) is 0 Å². The Hall–Kier alpha value is -1.62. The van der Waals surface area contributed by atoms with Crippen LogP contribution in [0.2, 0.25) is 0 Å². The summed E-state index contributed by atoms with van der Waals surface area (Å²) >= 11 is 4.44. The van der Waals surface area contributed by atoms with E-state index >= 15 is 0 Å². The summed E-state index contributed by atoms with van der Waals surface area (Å²) in [5.74, 6) is 0. The summed E-state index contributed by atoms with van der Waals surface area (Å²) in [6.07, 6.45) is 0. The summed E-state index contributed by atoms with van der Waals surface area (Å²) in [4.78, 5) is 0. The monoisotopic (exact) mass is 261 g/mol. The zero-order valence-corrected chi connectivity index (χ0v) is 9.79. The fourth-order valence-corrected chi connectivity index (χ4v) is 1.55. The van der Waals surface area contributed by atoms with Crippen LogP contribution in [0.3, 0.4) is 0 Å². The minimum Gasteiger partial charge on any atom is -0.287 e. The molecule has 0 aliphatic rings. The molecule has 1 nitrogen and oxygen atoms in total. The van der Waals surface area contributed by atoms with E-state index < -0.39 is 0 Å². The molecule has 2 rings (SSSR count). The van der Waals surface area contributed by atoms with E-state index in [4.69, 9.17) is 0 Å². The topological polar surface area (TPSA) is 3.24 Å². The van der Waals surface area contributed by atoms with Crippen molar-refractivity contribution in [1.82, 2.24) is 0 Å². The third kappa shape index (κ3) is 4.40. The van der Waals surface area contributed by atoms with Crippen LogP contribution in [0.5, 0.6) is 0 Å². The van der Waals surface area contributed by atoms with Crippen molar-refractivity contribution in [3.8, 4) is 0 Å². The molecule has 17 heavy (non-hydrogen) atoms. The van der Waals surface area contributed by atoms with Gasteiger partial charge in [-0.3, -0.25) is 18.4 Å². The number of hydrogen-bond acceptors (Lipinski definition) is 2. The molecule has 0 heterocycles. The van der Waals surface area contributed by atoms with Gasteiger partial charge in [0, 0.05) is 0 Å². The van der Waals surface area contributed by atoms with Crippen molar-refractivity contribution < 1.29 is 14.1 Å². The van der Waals surface area contributed by atoms with Gasteiger partial charge in [0.1, 0.15) is 0 Å². The second kappa shape index (κ2) is 8.52. The van der Waals surface area contributed by atoms with Gasteiger partial charge >= 0.3 is 0 Å². The summed E-state index contributed by atoms with van der Waals surface area (Å²) in [7, 11) is 0. The molecule has 94 valence electrons. The van der Waals surface area contributed by atoms with Crippen LogP contribution in [-0.2, 0) is 0 Å². The van der Waals surface area contributed by atoms with Crippen LogP contribution in [0.4, 0.5) is 25.5 Å². The Morgan fingerprint density at radius 1 is 0.588 bits per heavy atom. The van der Waals surface area contributed by atoms with Gasteiger partial charge in [0.2, 0.25) is 0 Å². The predicted octanol–water partition coefficient (Wildman–Crippen LogP) is 4.13. The maximum absolute atomic E-state index is 4.44. The highest BCUT2D eigenvalue weighted by Gasteiger charge is 2.01. The molecule has 0 atom stereocenters. The third-order valence-electron chi connectivity index (χ3n) is 2.00. The molecule has 0 aromatic heterocycles. The second-order valence-electron chi connectivity index (χ2n) is 2.98. The summed E-state index contributed by atoms with van der Waals surface area (Å²) < 4.78 is 1.86. The summed E-state index contributed by atoms with van der Waals surface area (Å²) in [5, 5.41) is 0. The van der Waals surface area contributed by atoms with E-state index in [-0.39, 0.29) is 14.1 Å². The van der Waals surface area contributed by atoms with Crippen molar-refractivity contribution in [2.45, 2.75) is 0 Å². The molecule has 0 saturated heterocycles. The highest BCUT2D eigenvalue weighted by Crippen LogP contribution is 2.25. The Morgan fingerprint density at radius 2 is 0.882 bits per heavy atom. The van der Waals surface area contributed by atoms with Gasteiger partial charge in [0.25, 0.3) is 0 Å². The first-order valence-corrected chi connectivity index (χ1v) is 4.87. The molecule has 0 amide bonds. The molecule has 2 aromatic carbocycles. The number of nitrogens with zero attached hydrogens (tertiary/aromatic N) is 1. The smallest absolute Gasteiger partial charge is 0.0522 e. The van der Waals surface area contributed by atoms with E-state index in [9.17, 15) is 0 Å². The average molecular weight is 261 g/mol. The number of thiol groups is 1. The van der Waals surface area contributed by atoms with Crippen LogP contribution in [0, 0.1) is 0 Å². The summed E-state index contributed by atoms with van der Waals surface area (Å²) in [6.45, 7) is 0. The Morgan fingerprint density at radius 3 is 1.18 bits per heavy atom. The SMILES string of the molecule is F.F.F.SN(c1ccccc1)c1ccccc1. The molecule has 0 spiro atoms. The lowest BCUT2D eigenvalue weighted by atomic mass is 10.3. The van der Waals surface area contributed by atoms with E-state index in [2.05, 4.69) is 12.8 Å². The third-order valence-corrected chi connectivity index (χ3v) is 2.46. The molecule has 0 bridgehead atoms. The molecule has 2 aromatic rings. The largest absolute Gasteiger partial charge is 0.287 e. The maximum atomic E-state index is 4.44. The fraction of sp³-hybridized carbons (Fsp3) is 0. The molecule has 0 N–H and O–H groups in total.